The zero-order valence-electron chi connectivity index (χ0n) is 14.2. The Morgan fingerprint density at radius 1 is 0.640 bits per heavy atom. The Bertz CT molecular complexity index is 1070. The lowest BCUT2D eigenvalue weighted by molar-refractivity contribution is 0.501. The van der Waals surface area contributed by atoms with Crippen molar-refractivity contribution in [1.82, 2.24) is 0 Å². The molecule has 0 heterocycles. The zero-order valence-corrected chi connectivity index (χ0v) is 15.1. The van der Waals surface area contributed by atoms with Crippen LogP contribution in [0.15, 0.2) is 72.8 Å². The minimum absolute atomic E-state index is 0.546. The van der Waals surface area contributed by atoms with Crippen molar-refractivity contribution < 1.29 is 9.46 Å². The molecule has 0 aliphatic heterocycles. The zero-order chi connectivity index (χ0) is 17.6. The number of aryl methyl sites for hydroxylation is 2. The van der Waals surface area contributed by atoms with Gasteiger partial charge in [0, 0.05) is 0 Å². The fourth-order valence-electron chi connectivity index (χ4n) is 3.64. The van der Waals surface area contributed by atoms with Crippen molar-refractivity contribution in [2.24, 2.45) is 0 Å². The molecule has 25 heavy (non-hydrogen) atoms. The van der Waals surface area contributed by atoms with Gasteiger partial charge < -0.3 is 4.89 Å². The molecule has 1 N–H and O–H groups in total. The van der Waals surface area contributed by atoms with Gasteiger partial charge in [-0.2, -0.15) is 0 Å². The largest absolute Gasteiger partial charge is 0.338 e. The Balaban J connectivity index is 2.13. The standard InChI is InChI=1S/C22H19O2P/c1-15-11-13-17-7-3-5-9-19(17)21(15)25(23,24)22-16(2)12-14-18-8-4-6-10-20(18)22/h3-14H,1-2H3,(H,23,24). The molecule has 0 fully saturated rings. The van der Waals surface area contributed by atoms with E-state index in [0.717, 1.165) is 32.7 Å². The first-order chi connectivity index (χ1) is 12.0. The van der Waals surface area contributed by atoms with Crippen LogP contribution in [-0.2, 0) is 4.57 Å². The predicted octanol–water partition coefficient (Wildman–Crippen LogP) is 4.83. The quantitative estimate of drug-likeness (QED) is 0.528. The van der Waals surface area contributed by atoms with Crippen LogP contribution in [0.1, 0.15) is 11.1 Å². The third-order valence-electron chi connectivity index (χ3n) is 4.81. The lowest BCUT2D eigenvalue weighted by Crippen LogP contribution is -2.21. The topological polar surface area (TPSA) is 37.3 Å². The highest BCUT2D eigenvalue weighted by molar-refractivity contribution is 7.74. The summed E-state index contributed by atoms with van der Waals surface area (Å²) in [7, 11) is -3.76. The van der Waals surface area contributed by atoms with Crippen molar-refractivity contribution in [2.45, 2.75) is 13.8 Å². The van der Waals surface area contributed by atoms with Gasteiger partial charge in [-0.3, -0.25) is 4.57 Å². The highest BCUT2D eigenvalue weighted by Gasteiger charge is 2.31. The molecule has 3 heteroatoms. The molecule has 0 amide bonds. The summed E-state index contributed by atoms with van der Waals surface area (Å²) in [6.45, 7) is 3.82. The highest BCUT2D eigenvalue weighted by Crippen LogP contribution is 2.44. The Labute approximate surface area is 147 Å². The van der Waals surface area contributed by atoms with Crippen molar-refractivity contribution in [3.8, 4) is 0 Å². The van der Waals surface area contributed by atoms with E-state index in [4.69, 9.17) is 0 Å². The molecule has 0 aliphatic carbocycles. The summed E-state index contributed by atoms with van der Waals surface area (Å²) in [5, 5.41) is 4.75. The second kappa shape index (κ2) is 5.84. The maximum absolute atomic E-state index is 13.8. The second-order valence-electron chi connectivity index (χ2n) is 6.48. The maximum Gasteiger partial charge on any atom is 0.260 e. The van der Waals surface area contributed by atoms with E-state index >= 15 is 0 Å². The van der Waals surface area contributed by atoms with Gasteiger partial charge in [0.15, 0.2) is 0 Å². The van der Waals surface area contributed by atoms with Gasteiger partial charge in [0.2, 0.25) is 0 Å². The van der Waals surface area contributed by atoms with Crippen LogP contribution in [0.5, 0.6) is 0 Å². The third kappa shape index (κ3) is 2.50. The second-order valence-corrected chi connectivity index (χ2v) is 8.53. The van der Waals surface area contributed by atoms with E-state index in [-0.39, 0.29) is 0 Å². The van der Waals surface area contributed by atoms with Gasteiger partial charge in [-0.25, -0.2) is 0 Å². The Morgan fingerprint density at radius 2 is 1.04 bits per heavy atom. The molecule has 0 bridgehead atoms. The molecule has 4 aromatic rings. The predicted molar refractivity (Wildman–Crippen MR) is 106 cm³/mol. The molecule has 124 valence electrons. The molecule has 0 saturated heterocycles. The molecule has 4 rings (SSSR count). The summed E-state index contributed by atoms with van der Waals surface area (Å²) < 4.78 is 13.8. The Morgan fingerprint density at radius 3 is 1.48 bits per heavy atom. The van der Waals surface area contributed by atoms with E-state index in [1.165, 1.54) is 0 Å². The van der Waals surface area contributed by atoms with E-state index in [1.807, 2.05) is 86.6 Å². The molecule has 0 atom stereocenters. The minimum atomic E-state index is -3.76. The number of benzene rings is 4. The van der Waals surface area contributed by atoms with Crippen LogP contribution < -0.4 is 10.6 Å². The monoisotopic (exact) mass is 346 g/mol. The van der Waals surface area contributed by atoms with Crippen LogP contribution in [0.3, 0.4) is 0 Å². The maximum atomic E-state index is 13.8. The van der Waals surface area contributed by atoms with Crippen LogP contribution in [-0.4, -0.2) is 4.89 Å². The first kappa shape index (κ1) is 16.1. The summed E-state index contributed by atoms with van der Waals surface area (Å²) in [4.78, 5) is 11.4. The van der Waals surface area contributed by atoms with Crippen molar-refractivity contribution in [2.75, 3.05) is 0 Å². The summed E-state index contributed by atoms with van der Waals surface area (Å²) in [5.41, 5.74) is 1.69. The van der Waals surface area contributed by atoms with E-state index in [9.17, 15) is 9.46 Å². The first-order valence-corrected chi connectivity index (χ1v) is 9.97. The molecule has 0 saturated carbocycles. The van der Waals surface area contributed by atoms with Crippen LogP contribution in [0.25, 0.3) is 21.5 Å². The van der Waals surface area contributed by atoms with Crippen molar-refractivity contribution in [3.63, 3.8) is 0 Å². The lowest BCUT2D eigenvalue weighted by atomic mass is 10.1. The molecule has 0 aromatic heterocycles. The van der Waals surface area contributed by atoms with Gasteiger partial charge in [-0.1, -0.05) is 72.8 Å². The van der Waals surface area contributed by atoms with Gasteiger partial charge in [0.1, 0.15) is 0 Å². The Hall–Kier alpha value is -2.41. The average Bonchev–Trinajstić information content (AvgIpc) is 2.61. The smallest absolute Gasteiger partial charge is 0.260 e. The number of hydrogen-bond donors (Lipinski definition) is 1. The average molecular weight is 346 g/mol. The van der Waals surface area contributed by atoms with E-state index in [0.29, 0.717) is 10.6 Å². The molecular formula is C22H19O2P. The Kier molecular flexibility index (Phi) is 3.76. The van der Waals surface area contributed by atoms with Crippen molar-refractivity contribution in [1.29, 1.82) is 0 Å². The van der Waals surface area contributed by atoms with Crippen LogP contribution in [0, 0.1) is 13.8 Å². The summed E-state index contributed by atoms with van der Waals surface area (Å²) in [6, 6.07) is 23.4. The third-order valence-corrected chi connectivity index (χ3v) is 7.21. The molecule has 2 nitrogen and oxygen atoms in total. The van der Waals surface area contributed by atoms with Crippen LogP contribution in [0.2, 0.25) is 0 Å². The molecule has 0 unspecified atom stereocenters. The molecule has 0 spiro atoms. The summed E-state index contributed by atoms with van der Waals surface area (Å²) in [5.74, 6) is 0. The minimum Gasteiger partial charge on any atom is -0.338 e. The van der Waals surface area contributed by atoms with Crippen LogP contribution in [0.4, 0.5) is 0 Å². The van der Waals surface area contributed by atoms with Gasteiger partial charge in [0.25, 0.3) is 7.37 Å². The van der Waals surface area contributed by atoms with Gasteiger partial charge in [-0.15, -0.1) is 0 Å². The van der Waals surface area contributed by atoms with E-state index in [2.05, 4.69) is 0 Å². The molecular weight excluding hydrogens is 327 g/mol. The number of hydrogen-bond acceptors (Lipinski definition) is 1. The van der Waals surface area contributed by atoms with E-state index < -0.39 is 7.37 Å². The highest BCUT2D eigenvalue weighted by atomic mass is 31.2. The van der Waals surface area contributed by atoms with Crippen molar-refractivity contribution >= 4 is 39.5 Å². The number of fused-ring (bicyclic) bond motifs is 2. The van der Waals surface area contributed by atoms with Crippen molar-refractivity contribution in [3.05, 3.63) is 83.9 Å². The normalized spacial score (nSPS) is 12.0. The fraction of sp³-hybridized carbons (Fsp3) is 0.0909. The summed E-state index contributed by atoms with van der Waals surface area (Å²) in [6.07, 6.45) is 0. The molecule has 0 aliphatic rings. The van der Waals surface area contributed by atoms with Crippen LogP contribution >= 0.6 is 7.37 Å². The molecule has 0 radical (unpaired) electrons. The van der Waals surface area contributed by atoms with Gasteiger partial charge in [0.05, 0.1) is 10.6 Å². The van der Waals surface area contributed by atoms with E-state index in [1.54, 1.807) is 0 Å². The van der Waals surface area contributed by atoms with Gasteiger partial charge >= 0.3 is 0 Å². The first-order valence-electron chi connectivity index (χ1n) is 8.31. The molecule has 4 aromatic carbocycles. The fourth-order valence-corrected chi connectivity index (χ4v) is 6.03. The van der Waals surface area contributed by atoms with Gasteiger partial charge in [-0.05, 0) is 46.5 Å². The lowest BCUT2D eigenvalue weighted by Gasteiger charge is -2.21. The number of rotatable bonds is 2. The SMILES string of the molecule is Cc1ccc2ccccc2c1P(=O)(O)c1c(C)ccc2ccccc12. The summed E-state index contributed by atoms with van der Waals surface area (Å²) >= 11 is 0.